The molecule has 1 heterocycles. The number of carbonyl (C=O) groups is 1. The van der Waals surface area contributed by atoms with Gasteiger partial charge in [-0.05, 0) is 22.4 Å². The van der Waals surface area contributed by atoms with Gasteiger partial charge >= 0.3 is 11.8 Å². The highest BCUT2D eigenvalue weighted by Gasteiger charge is 2.33. The number of nitrogens with zero attached hydrogens (tertiary/aromatic N) is 2. The molecule has 6 nitrogen and oxygen atoms in total. The SMILES string of the molecule is Cc1c(C)[n+](C)c(C(CC(=O)O)c2ccc(O)cc2)n1O.[Cl-]. The van der Waals surface area contributed by atoms with E-state index in [9.17, 15) is 15.1 Å². The molecule has 2 aromatic rings. The van der Waals surface area contributed by atoms with Crippen LogP contribution in [-0.2, 0) is 11.8 Å². The molecule has 0 saturated carbocycles. The van der Waals surface area contributed by atoms with Crippen LogP contribution >= 0.6 is 0 Å². The van der Waals surface area contributed by atoms with E-state index in [1.54, 1.807) is 30.7 Å². The summed E-state index contributed by atoms with van der Waals surface area (Å²) in [6, 6.07) is 6.35. The first-order valence-electron chi connectivity index (χ1n) is 6.60. The largest absolute Gasteiger partial charge is 1.00 e. The molecule has 7 heteroatoms. The lowest BCUT2D eigenvalue weighted by atomic mass is 9.94. The number of phenolic OH excluding ortho intramolecular Hbond substituents is 1. The lowest BCUT2D eigenvalue weighted by Gasteiger charge is -2.12. The minimum absolute atomic E-state index is 0. The highest BCUT2D eigenvalue weighted by Crippen LogP contribution is 2.28. The molecule has 2 rings (SSSR count). The minimum atomic E-state index is -0.954. The van der Waals surface area contributed by atoms with Gasteiger partial charge in [0.05, 0.1) is 19.4 Å². The maximum absolute atomic E-state index is 11.2. The molecule has 0 aliphatic carbocycles. The number of aromatic nitrogens is 2. The lowest BCUT2D eigenvalue weighted by molar-refractivity contribution is -0.686. The van der Waals surface area contributed by atoms with Crippen molar-refractivity contribution in [1.29, 1.82) is 0 Å². The molecule has 0 amide bonds. The molecule has 0 radical (unpaired) electrons. The van der Waals surface area contributed by atoms with Gasteiger partial charge in [-0.1, -0.05) is 12.1 Å². The van der Waals surface area contributed by atoms with E-state index in [4.69, 9.17) is 5.11 Å². The van der Waals surface area contributed by atoms with Crippen LogP contribution in [-0.4, -0.2) is 26.1 Å². The van der Waals surface area contributed by atoms with Crippen molar-refractivity contribution in [2.24, 2.45) is 7.05 Å². The van der Waals surface area contributed by atoms with E-state index in [1.807, 2.05) is 6.92 Å². The first-order chi connectivity index (χ1) is 9.82. The molecule has 0 spiro atoms. The highest BCUT2D eigenvalue weighted by atomic mass is 35.5. The van der Waals surface area contributed by atoms with Gasteiger partial charge in [0.1, 0.15) is 11.4 Å². The number of hydrogen-bond donors (Lipinski definition) is 3. The Balaban J connectivity index is 0.00000242. The van der Waals surface area contributed by atoms with Gasteiger partial charge in [-0.3, -0.25) is 4.79 Å². The van der Waals surface area contributed by atoms with Gasteiger partial charge < -0.3 is 27.8 Å². The predicted octanol–water partition coefficient (Wildman–Crippen LogP) is -1.52. The van der Waals surface area contributed by atoms with E-state index >= 15 is 0 Å². The van der Waals surface area contributed by atoms with Crippen LogP contribution in [0.5, 0.6) is 5.75 Å². The second kappa shape index (κ2) is 6.70. The second-order valence-electron chi connectivity index (χ2n) is 5.14. The molecule has 1 aromatic heterocycles. The summed E-state index contributed by atoms with van der Waals surface area (Å²) in [7, 11) is 1.79. The fourth-order valence-corrected chi connectivity index (χ4v) is 2.50. The van der Waals surface area contributed by atoms with Gasteiger partial charge in [0.2, 0.25) is 0 Å². The van der Waals surface area contributed by atoms with Crippen molar-refractivity contribution in [2.75, 3.05) is 0 Å². The minimum Gasteiger partial charge on any atom is -1.00 e. The smallest absolute Gasteiger partial charge is 0.304 e. The van der Waals surface area contributed by atoms with Crippen molar-refractivity contribution >= 4 is 5.97 Å². The molecule has 1 atom stereocenters. The van der Waals surface area contributed by atoms with Crippen molar-refractivity contribution in [3.05, 3.63) is 47.0 Å². The molecule has 22 heavy (non-hydrogen) atoms. The van der Waals surface area contributed by atoms with Crippen LogP contribution in [0.15, 0.2) is 24.3 Å². The fourth-order valence-electron chi connectivity index (χ4n) is 2.50. The summed E-state index contributed by atoms with van der Waals surface area (Å²) in [5, 5.41) is 28.8. The zero-order chi connectivity index (χ0) is 15.7. The molecular weight excluding hydrogens is 308 g/mol. The van der Waals surface area contributed by atoms with Crippen molar-refractivity contribution in [2.45, 2.75) is 26.2 Å². The molecule has 0 aliphatic rings. The van der Waals surface area contributed by atoms with Crippen LogP contribution in [0.25, 0.3) is 0 Å². The fraction of sp³-hybridized carbons (Fsp3) is 0.333. The molecule has 1 aromatic carbocycles. The maximum Gasteiger partial charge on any atom is 0.304 e. The monoisotopic (exact) mass is 326 g/mol. The lowest BCUT2D eigenvalue weighted by Crippen LogP contribution is -3.00. The Kier molecular flexibility index (Phi) is 5.43. The number of rotatable bonds is 4. The van der Waals surface area contributed by atoms with Crippen LogP contribution in [0.4, 0.5) is 0 Å². The quantitative estimate of drug-likeness (QED) is 0.471. The Morgan fingerprint density at radius 2 is 1.82 bits per heavy atom. The number of phenols is 1. The summed E-state index contributed by atoms with van der Waals surface area (Å²) in [6.07, 6.45) is -0.151. The van der Waals surface area contributed by atoms with Crippen molar-refractivity contribution in [3.63, 3.8) is 0 Å². The zero-order valence-corrected chi connectivity index (χ0v) is 13.4. The highest BCUT2D eigenvalue weighted by molar-refractivity contribution is 5.68. The number of hydrogen-bond acceptors (Lipinski definition) is 3. The van der Waals surface area contributed by atoms with Gasteiger partial charge in [-0.2, -0.15) is 0 Å². The number of carboxylic acid groups (broad SMARTS) is 1. The summed E-state index contributed by atoms with van der Waals surface area (Å²) in [5.74, 6) is -0.850. The van der Waals surface area contributed by atoms with Crippen LogP contribution in [0.1, 0.15) is 35.1 Å². The van der Waals surface area contributed by atoms with Crippen molar-refractivity contribution < 1.29 is 37.2 Å². The number of halogens is 1. The van der Waals surface area contributed by atoms with Crippen LogP contribution in [0.3, 0.4) is 0 Å². The molecule has 0 saturated heterocycles. The summed E-state index contributed by atoms with van der Waals surface area (Å²) in [4.78, 5) is 11.2. The molecular formula is C15H19ClN2O4. The molecule has 0 bridgehead atoms. The van der Waals surface area contributed by atoms with Gasteiger partial charge in [0.25, 0.3) is 0 Å². The third kappa shape index (κ3) is 3.17. The van der Waals surface area contributed by atoms with Crippen molar-refractivity contribution in [1.82, 2.24) is 4.73 Å². The zero-order valence-electron chi connectivity index (χ0n) is 12.6. The number of carboxylic acids is 1. The van der Waals surface area contributed by atoms with Gasteiger partial charge in [0, 0.05) is 13.8 Å². The third-order valence-corrected chi connectivity index (χ3v) is 3.89. The average molecular weight is 327 g/mol. The second-order valence-corrected chi connectivity index (χ2v) is 5.14. The first-order valence-corrected chi connectivity index (χ1v) is 6.60. The van der Waals surface area contributed by atoms with E-state index in [0.717, 1.165) is 16.0 Å². The van der Waals surface area contributed by atoms with E-state index in [2.05, 4.69) is 0 Å². The van der Waals surface area contributed by atoms with Crippen LogP contribution < -0.4 is 17.0 Å². The number of aromatic hydroxyl groups is 1. The number of aliphatic carboxylic acids is 1. The van der Waals surface area contributed by atoms with Gasteiger partial charge in [0.15, 0.2) is 5.69 Å². The van der Waals surface area contributed by atoms with Crippen molar-refractivity contribution in [3.8, 4) is 5.75 Å². The normalized spacial score (nSPS) is 11.8. The Bertz CT molecular complexity index is 654. The topological polar surface area (TPSA) is 86.6 Å². The molecule has 120 valence electrons. The first kappa shape index (κ1) is 17.8. The predicted molar refractivity (Wildman–Crippen MR) is 74.5 cm³/mol. The Labute approximate surface area is 134 Å². The Morgan fingerprint density at radius 1 is 1.27 bits per heavy atom. The Morgan fingerprint density at radius 3 is 2.23 bits per heavy atom. The van der Waals surface area contributed by atoms with Crippen LogP contribution in [0, 0.1) is 13.8 Å². The van der Waals surface area contributed by atoms with E-state index in [0.29, 0.717) is 11.5 Å². The number of benzene rings is 1. The molecule has 0 fully saturated rings. The number of imidazole rings is 1. The third-order valence-electron chi connectivity index (χ3n) is 3.89. The van der Waals surface area contributed by atoms with Gasteiger partial charge in [-0.25, -0.2) is 4.57 Å². The summed E-state index contributed by atoms with van der Waals surface area (Å²) < 4.78 is 2.82. The summed E-state index contributed by atoms with van der Waals surface area (Å²) in [6.45, 7) is 3.63. The van der Waals surface area contributed by atoms with Crippen LogP contribution in [0.2, 0.25) is 0 Å². The van der Waals surface area contributed by atoms with E-state index < -0.39 is 11.9 Å². The molecule has 3 N–H and O–H groups in total. The molecule has 1 unspecified atom stereocenters. The van der Waals surface area contributed by atoms with E-state index in [1.165, 1.54) is 12.1 Å². The standard InChI is InChI=1S/C15H18N2O4.ClH/c1-9-10(2)17(21)15(16(9)3)13(8-14(19)20)11-4-6-12(18)7-5-11;/h4-7,13H,8H2,1-3H3,(H2-,18,19,20,21);1H. The van der Waals surface area contributed by atoms with Gasteiger partial charge in [-0.15, -0.1) is 0 Å². The summed E-state index contributed by atoms with van der Waals surface area (Å²) >= 11 is 0. The maximum atomic E-state index is 11.2. The Hall–Kier alpha value is -2.21. The average Bonchev–Trinajstić information content (AvgIpc) is 2.62. The van der Waals surface area contributed by atoms with E-state index in [-0.39, 0.29) is 24.6 Å². The molecule has 0 aliphatic heterocycles. The summed E-state index contributed by atoms with van der Waals surface area (Å²) in [5.41, 5.74) is 2.25.